The smallest absolute Gasteiger partial charge is 0.410 e. The number of methoxy groups -OCH3 is 1. The Bertz CT molecular complexity index is 1260. The fraction of sp³-hybridized carbons (Fsp3) is 0.333. The molecular weight excluding hydrogens is 509 g/mol. The summed E-state index contributed by atoms with van der Waals surface area (Å²) in [7, 11) is 1.21. The van der Waals surface area contributed by atoms with Crippen molar-refractivity contribution in [3.05, 3.63) is 94.3 Å². The highest BCUT2D eigenvalue weighted by Gasteiger charge is 2.24. The number of ether oxygens (including phenoxy) is 2. The Hall–Kier alpha value is -3.42. The van der Waals surface area contributed by atoms with E-state index in [1.54, 1.807) is 51.1 Å². The molecule has 202 valence electrons. The number of aliphatic hydroxyl groups excluding tert-OH is 1. The van der Waals surface area contributed by atoms with E-state index in [2.05, 4.69) is 4.74 Å². The van der Waals surface area contributed by atoms with Crippen molar-refractivity contribution < 1.29 is 28.6 Å². The molecule has 3 aromatic rings. The molecule has 0 bridgehead atoms. The lowest BCUT2D eigenvalue weighted by molar-refractivity contribution is 0.0142. The van der Waals surface area contributed by atoms with Crippen LogP contribution in [-0.2, 0) is 15.9 Å². The van der Waals surface area contributed by atoms with E-state index in [1.807, 2.05) is 24.3 Å². The van der Waals surface area contributed by atoms with Gasteiger partial charge in [0.05, 0.1) is 25.3 Å². The van der Waals surface area contributed by atoms with Crippen molar-refractivity contribution in [1.82, 2.24) is 4.90 Å². The van der Waals surface area contributed by atoms with Gasteiger partial charge in [-0.25, -0.2) is 14.0 Å². The molecule has 0 saturated carbocycles. The summed E-state index contributed by atoms with van der Waals surface area (Å²) in [6, 6.07) is 19.0. The van der Waals surface area contributed by atoms with Crippen molar-refractivity contribution in [2.45, 2.75) is 45.3 Å². The second-order valence-corrected chi connectivity index (χ2v) is 10.4. The van der Waals surface area contributed by atoms with E-state index in [1.165, 1.54) is 24.1 Å². The van der Waals surface area contributed by atoms with Crippen molar-refractivity contribution in [2.75, 3.05) is 20.2 Å². The van der Waals surface area contributed by atoms with E-state index in [0.717, 1.165) is 11.1 Å². The number of aliphatic hydroxyl groups is 1. The van der Waals surface area contributed by atoms with Gasteiger partial charge in [0.25, 0.3) is 0 Å². The fourth-order valence-corrected chi connectivity index (χ4v) is 4.12. The number of esters is 1. The van der Waals surface area contributed by atoms with Crippen LogP contribution in [0.15, 0.2) is 66.7 Å². The first kappa shape index (κ1) is 29.1. The Morgan fingerprint density at radius 1 is 1.03 bits per heavy atom. The lowest BCUT2D eigenvalue weighted by Crippen LogP contribution is -2.40. The van der Waals surface area contributed by atoms with Crippen LogP contribution < -0.4 is 0 Å². The van der Waals surface area contributed by atoms with Crippen LogP contribution in [0.4, 0.5) is 9.18 Å². The molecule has 0 aliphatic rings. The Morgan fingerprint density at radius 2 is 1.71 bits per heavy atom. The molecule has 8 heteroatoms. The number of carbonyl (C=O) groups excluding carboxylic acids is 2. The zero-order chi connectivity index (χ0) is 27.9. The number of rotatable bonds is 9. The topological polar surface area (TPSA) is 76.1 Å². The van der Waals surface area contributed by atoms with Crippen molar-refractivity contribution >= 4 is 23.7 Å². The highest BCUT2D eigenvalue weighted by atomic mass is 35.5. The second kappa shape index (κ2) is 12.9. The minimum atomic E-state index is -0.911. The Labute approximate surface area is 227 Å². The first-order valence-electron chi connectivity index (χ1n) is 12.4. The number of aryl methyl sites for hydroxylation is 1. The summed E-state index contributed by atoms with van der Waals surface area (Å²) >= 11 is 6.06. The Kier molecular flexibility index (Phi) is 9.89. The van der Waals surface area contributed by atoms with Gasteiger partial charge in [-0.05, 0) is 80.1 Å². The van der Waals surface area contributed by atoms with Crippen molar-refractivity contribution in [3.63, 3.8) is 0 Å². The summed E-state index contributed by atoms with van der Waals surface area (Å²) in [6.45, 7) is 5.85. The maximum Gasteiger partial charge on any atom is 0.410 e. The minimum absolute atomic E-state index is 0.0708. The van der Waals surface area contributed by atoms with Crippen molar-refractivity contribution in [3.8, 4) is 11.1 Å². The number of halogens is 2. The molecule has 6 nitrogen and oxygen atoms in total. The summed E-state index contributed by atoms with van der Waals surface area (Å²) in [5.41, 5.74) is 2.35. The molecule has 0 unspecified atom stereocenters. The second-order valence-electron chi connectivity index (χ2n) is 9.98. The van der Waals surface area contributed by atoms with Crippen LogP contribution in [0.25, 0.3) is 11.1 Å². The largest absolute Gasteiger partial charge is 0.465 e. The van der Waals surface area contributed by atoms with Gasteiger partial charge in [0.15, 0.2) is 0 Å². The predicted molar refractivity (Wildman–Crippen MR) is 146 cm³/mol. The summed E-state index contributed by atoms with van der Waals surface area (Å²) in [5.74, 6) is -1.36. The van der Waals surface area contributed by atoms with Crippen LogP contribution in [0, 0.1) is 5.82 Å². The molecule has 1 atom stereocenters. The molecule has 0 aliphatic heterocycles. The molecule has 0 radical (unpaired) electrons. The predicted octanol–water partition coefficient (Wildman–Crippen LogP) is 6.84. The number of hydrogen-bond acceptors (Lipinski definition) is 5. The molecule has 0 fully saturated rings. The van der Waals surface area contributed by atoms with Gasteiger partial charge in [-0.1, -0.05) is 54.1 Å². The van der Waals surface area contributed by atoms with Gasteiger partial charge in [-0.15, -0.1) is 0 Å². The van der Waals surface area contributed by atoms with Gasteiger partial charge < -0.3 is 19.5 Å². The van der Waals surface area contributed by atoms with Gasteiger partial charge in [-0.3, -0.25) is 0 Å². The van der Waals surface area contributed by atoms with Crippen LogP contribution in [0.2, 0.25) is 5.02 Å². The third-order valence-corrected chi connectivity index (χ3v) is 6.07. The number of benzene rings is 3. The van der Waals surface area contributed by atoms with E-state index < -0.39 is 29.6 Å². The Balaban J connectivity index is 1.64. The zero-order valence-corrected chi connectivity index (χ0v) is 22.8. The fourth-order valence-electron chi connectivity index (χ4n) is 3.92. The monoisotopic (exact) mass is 541 g/mol. The molecule has 0 aliphatic carbocycles. The molecule has 1 amide bonds. The summed E-state index contributed by atoms with van der Waals surface area (Å²) in [4.78, 5) is 26.0. The molecule has 0 aromatic heterocycles. The quantitative estimate of drug-likeness (QED) is 0.300. The molecule has 3 rings (SSSR count). The zero-order valence-electron chi connectivity index (χ0n) is 22.0. The van der Waals surface area contributed by atoms with Gasteiger partial charge in [0.1, 0.15) is 11.4 Å². The lowest BCUT2D eigenvalue weighted by Gasteiger charge is -2.29. The molecule has 0 heterocycles. The van der Waals surface area contributed by atoms with Crippen LogP contribution in [0.3, 0.4) is 0 Å². The van der Waals surface area contributed by atoms with Gasteiger partial charge in [-0.2, -0.15) is 0 Å². The SMILES string of the molecule is COC(=O)c1ccc(-c2ccc(CCCN(C[C@H](O)c3cccc(Cl)c3)C(=O)OC(C)(C)C)cc2)cc1F. The molecule has 3 aromatic carbocycles. The van der Waals surface area contributed by atoms with E-state index in [0.29, 0.717) is 35.5 Å². The highest BCUT2D eigenvalue weighted by molar-refractivity contribution is 6.30. The molecular formula is C30H33ClFNO5. The number of amides is 1. The first-order valence-corrected chi connectivity index (χ1v) is 12.7. The van der Waals surface area contributed by atoms with E-state index in [-0.39, 0.29) is 12.1 Å². The van der Waals surface area contributed by atoms with Crippen LogP contribution in [0.5, 0.6) is 0 Å². The summed E-state index contributed by atoms with van der Waals surface area (Å²) in [5, 5.41) is 11.2. The van der Waals surface area contributed by atoms with E-state index in [9.17, 15) is 19.1 Å². The average Bonchev–Trinajstić information content (AvgIpc) is 2.87. The number of carbonyl (C=O) groups is 2. The maximum atomic E-state index is 14.3. The molecule has 1 N–H and O–H groups in total. The average molecular weight is 542 g/mol. The summed E-state index contributed by atoms with van der Waals surface area (Å²) in [6.07, 6.45) is -0.0796. The van der Waals surface area contributed by atoms with Crippen molar-refractivity contribution in [1.29, 1.82) is 0 Å². The standard InChI is InChI=1S/C30H33ClFNO5/c1-30(2,3)38-29(36)33(19-27(34)23-8-5-9-24(31)17-23)16-6-7-20-10-12-21(13-11-20)22-14-15-25(26(32)18-22)28(35)37-4/h5,8-15,17-18,27,34H,6-7,16,19H2,1-4H3/t27-/m0/s1. The molecule has 0 saturated heterocycles. The normalized spacial score (nSPS) is 12.1. The summed E-state index contributed by atoms with van der Waals surface area (Å²) < 4.78 is 24.5. The van der Waals surface area contributed by atoms with Gasteiger partial charge in [0.2, 0.25) is 0 Å². The van der Waals surface area contributed by atoms with Crippen LogP contribution >= 0.6 is 11.6 Å². The van der Waals surface area contributed by atoms with Gasteiger partial charge in [0, 0.05) is 11.6 Å². The third kappa shape index (κ3) is 8.30. The Morgan fingerprint density at radius 3 is 2.32 bits per heavy atom. The van der Waals surface area contributed by atoms with Crippen LogP contribution in [-0.4, -0.2) is 47.9 Å². The van der Waals surface area contributed by atoms with Crippen molar-refractivity contribution in [2.24, 2.45) is 0 Å². The lowest BCUT2D eigenvalue weighted by atomic mass is 10.0. The number of nitrogens with zero attached hydrogens (tertiary/aromatic N) is 1. The maximum absolute atomic E-state index is 14.3. The van der Waals surface area contributed by atoms with Crippen LogP contribution in [0.1, 0.15) is 54.8 Å². The van der Waals surface area contributed by atoms with Gasteiger partial charge >= 0.3 is 12.1 Å². The number of hydrogen-bond donors (Lipinski definition) is 1. The highest BCUT2D eigenvalue weighted by Crippen LogP contribution is 2.24. The third-order valence-electron chi connectivity index (χ3n) is 5.83. The van der Waals surface area contributed by atoms with E-state index in [4.69, 9.17) is 16.3 Å². The minimum Gasteiger partial charge on any atom is -0.465 e. The first-order chi connectivity index (χ1) is 18.0. The van der Waals surface area contributed by atoms with E-state index >= 15 is 0 Å². The molecule has 38 heavy (non-hydrogen) atoms. The molecule has 0 spiro atoms.